The lowest BCUT2D eigenvalue weighted by Gasteiger charge is -2.26. The molecule has 0 heterocycles. The molecule has 100 valence electrons. The number of aryl methyl sites for hydroxylation is 2. The molecule has 0 aromatic heterocycles. The minimum Gasteiger partial charge on any atom is -0.118 e. The van der Waals surface area contributed by atoms with E-state index in [9.17, 15) is 0 Å². The standard InChI is InChI=1S/C17H25Cl/c1-13-10-11-14(2)16(12-13)17(18)15-8-6-4-3-5-7-9-15/h10-12,15,17H,3-9H2,1-2H3. The van der Waals surface area contributed by atoms with E-state index in [0.717, 1.165) is 0 Å². The number of benzene rings is 1. The van der Waals surface area contributed by atoms with Gasteiger partial charge in [-0.2, -0.15) is 0 Å². The molecule has 18 heavy (non-hydrogen) atoms. The van der Waals surface area contributed by atoms with Gasteiger partial charge in [0.25, 0.3) is 0 Å². The van der Waals surface area contributed by atoms with E-state index in [4.69, 9.17) is 11.6 Å². The maximum atomic E-state index is 6.79. The van der Waals surface area contributed by atoms with Crippen LogP contribution in [0, 0.1) is 19.8 Å². The molecule has 1 fully saturated rings. The van der Waals surface area contributed by atoms with Gasteiger partial charge >= 0.3 is 0 Å². The van der Waals surface area contributed by atoms with Crippen LogP contribution in [0.1, 0.15) is 67.0 Å². The minimum absolute atomic E-state index is 0.211. The second kappa shape index (κ2) is 6.61. The van der Waals surface area contributed by atoms with Crippen molar-refractivity contribution >= 4 is 11.6 Å². The average Bonchev–Trinajstić information content (AvgIpc) is 2.31. The summed E-state index contributed by atoms with van der Waals surface area (Å²) in [6.45, 7) is 4.34. The number of halogens is 1. The summed E-state index contributed by atoms with van der Waals surface area (Å²) in [5.74, 6) is 0.674. The number of rotatable bonds is 2. The topological polar surface area (TPSA) is 0 Å². The summed E-state index contributed by atoms with van der Waals surface area (Å²) in [5, 5.41) is 0.211. The maximum Gasteiger partial charge on any atom is 0.0616 e. The molecule has 1 aliphatic carbocycles. The molecular formula is C17H25Cl. The number of alkyl halides is 1. The lowest BCUT2D eigenvalue weighted by molar-refractivity contribution is 0.368. The summed E-state index contributed by atoms with van der Waals surface area (Å²) in [5.41, 5.74) is 4.04. The van der Waals surface area contributed by atoms with E-state index in [1.54, 1.807) is 0 Å². The molecule has 1 aromatic carbocycles. The Morgan fingerprint density at radius 1 is 1.00 bits per heavy atom. The van der Waals surface area contributed by atoms with Crippen LogP contribution in [0.3, 0.4) is 0 Å². The van der Waals surface area contributed by atoms with E-state index in [1.165, 1.54) is 61.6 Å². The second-order valence-corrected chi connectivity index (χ2v) is 6.34. The van der Waals surface area contributed by atoms with Crippen molar-refractivity contribution in [3.63, 3.8) is 0 Å². The van der Waals surface area contributed by atoms with Gasteiger partial charge in [-0.1, -0.05) is 55.9 Å². The lowest BCUT2D eigenvalue weighted by atomic mass is 9.85. The van der Waals surface area contributed by atoms with Crippen molar-refractivity contribution in [2.24, 2.45) is 5.92 Å². The molecule has 0 aliphatic heterocycles. The Hall–Kier alpha value is -0.490. The van der Waals surface area contributed by atoms with Crippen LogP contribution in [-0.2, 0) is 0 Å². The van der Waals surface area contributed by atoms with Gasteiger partial charge in [0.05, 0.1) is 5.38 Å². The third-order valence-corrected chi connectivity index (χ3v) is 4.89. The normalized spacial score (nSPS) is 20.2. The van der Waals surface area contributed by atoms with Crippen LogP contribution in [0.2, 0.25) is 0 Å². The molecule has 0 N–H and O–H groups in total. The first-order chi connectivity index (χ1) is 8.68. The molecule has 1 unspecified atom stereocenters. The molecular weight excluding hydrogens is 240 g/mol. The smallest absolute Gasteiger partial charge is 0.0616 e. The van der Waals surface area contributed by atoms with Crippen molar-refractivity contribution in [3.8, 4) is 0 Å². The Labute approximate surface area is 117 Å². The Morgan fingerprint density at radius 2 is 1.61 bits per heavy atom. The molecule has 1 atom stereocenters. The van der Waals surface area contributed by atoms with Gasteiger partial charge in [0.1, 0.15) is 0 Å². The van der Waals surface area contributed by atoms with Crippen molar-refractivity contribution < 1.29 is 0 Å². The number of hydrogen-bond acceptors (Lipinski definition) is 0. The molecule has 0 bridgehead atoms. The van der Waals surface area contributed by atoms with E-state index in [1.807, 2.05) is 0 Å². The first-order valence-corrected chi connectivity index (χ1v) is 7.83. The fraction of sp³-hybridized carbons (Fsp3) is 0.647. The van der Waals surface area contributed by atoms with Crippen LogP contribution < -0.4 is 0 Å². The van der Waals surface area contributed by atoms with Crippen LogP contribution in [0.25, 0.3) is 0 Å². The first kappa shape index (κ1) is 13.9. The summed E-state index contributed by atoms with van der Waals surface area (Å²) in [6.07, 6.45) is 9.55. The summed E-state index contributed by atoms with van der Waals surface area (Å²) in [4.78, 5) is 0. The van der Waals surface area contributed by atoms with Crippen molar-refractivity contribution in [1.82, 2.24) is 0 Å². The Balaban J connectivity index is 2.12. The average molecular weight is 265 g/mol. The van der Waals surface area contributed by atoms with Crippen LogP contribution in [0.15, 0.2) is 18.2 Å². The zero-order valence-electron chi connectivity index (χ0n) is 11.7. The van der Waals surface area contributed by atoms with Gasteiger partial charge in [-0.05, 0) is 43.7 Å². The van der Waals surface area contributed by atoms with E-state index in [-0.39, 0.29) is 5.38 Å². The van der Waals surface area contributed by atoms with Gasteiger partial charge < -0.3 is 0 Å². The molecule has 0 nitrogen and oxygen atoms in total. The quantitative estimate of drug-likeness (QED) is 0.580. The molecule has 1 aliphatic rings. The minimum atomic E-state index is 0.211. The molecule has 0 spiro atoms. The Kier molecular flexibility index (Phi) is 5.12. The molecule has 0 saturated heterocycles. The number of hydrogen-bond donors (Lipinski definition) is 0. The third-order valence-electron chi connectivity index (χ3n) is 4.30. The monoisotopic (exact) mass is 264 g/mol. The lowest BCUT2D eigenvalue weighted by Crippen LogP contribution is -2.11. The van der Waals surface area contributed by atoms with Crippen molar-refractivity contribution in [2.45, 2.75) is 64.2 Å². The molecule has 1 saturated carbocycles. The van der Waals surface area contributed by atoms with E-state index >= 15 is 0 Å². The van der Waals surface area contributed by atoms with Crippen LogP contribution in [0.4, 0.5) is 0 Å². The van der Waals surface area contributed by atoms with E-state index in [0.29, 0.717) is 5.92 Å². The maximum absolute atomic E-state index is 6.79. The van der Waals surface area contributed by atoms with Crippen molar-refractivity contribution in [3.05, 3.63) is 34.9 Å². The van der Waals surface area contributed by atoms with Crippen LogP contribution in [0.5, 0.6) is 0 Å². The predicted octanol–water partition coefficient (Wildman–Crippen LogP) is 5.94. The highest BCUT2D eigenvalue weighted by Gasteiger charge is 2.22. The van der Waals surface area contributed by atoms with Crippen LogP contribution >= 0.6 is 11.6 Å². The van der Waals surface area contributed by atoms with Crippen LogP contribution in [-0.4, -0.2) is 0 Å². The molecule has 2 rings (SSSR count). The largest absolute Gasteiger partial charge is 0.118 e. The Morgan fingerprint density at radius 3 is 2.28 bits per heavy atom. The van der Waals surface area contributed by atoms with Crippen molar-refractivity contribution in [1.29, 1.82) is 0 Å². The van der Waals surface area contributed by atoms with Crippen molar-refractivity contribution in [2.75, 3.05) is 0 Å². The fourth-order valence-electron chi connectivity index (χ4n) is 3.09. The Bertz CT molecular complexity index is 375. The fourth-order valence-corrected chi connectivity index (χ4v) is 3.58. The van der Waals surface area contributed by atoms with E-state index in [2.05, 4.69) is 32.0 Å². The highest BCUT2D eigenvalue weighted by Crippen LogP contribution is 2.38. The zero-order chi connectivity index (χ0) is 13.0. The summed E-state index contributed by atoms with van der Waals surface area (Å²) in [6, 6.07) is 6.68. The third kappa shape index (κ3) is 3.51. The predicted molar refractivity (Wildman–Crippen MR) is 80.3 cm³/mol. The summed E-state index contributed by atoms with van der Waals surface area (Å²) >= 11 is 6.79. The van der Waals surface area contributed by atoms with E-state index < -0.39 is 0 Å². The molecule has 0 amide bonds. The summed E-state index contributed by atoms with van der Waals surface area (Å²) < 4.78 is 0. The molecule has 1 heteroatoms. The first-order valence-electron chi connectivity index (χ1n) is 7.39. The second-order valence-electron chi connectivity index (χ2n) is 5.87. The SMILES string of the molecule is Cc1ccc(C)c(C(Cl)C2CCCCCCC2)c1. The van der Waals surface area contributed by atoms with Gasteiger partial charge in [-0.3, -0.25) is 0 Å². The highest BCUT2D eigenvalue weighted by molar-refractivity contribution is 6.21. The van der Waals surface area contributed by atoms with Gasteiger partial charge in [0, 0.05) is 0 Å². The molecule has 0 radical (unpaired) electrons. The van der Waals surface area contributed by atoms with Gasteiger partial charge in [-0.25, -0.2) is 0 Å². The van der Waals surface area contributed by atoms with Gasteiger partial charge in [-0.15, -0.1) is 11.6 Å². The highest BCUT2D eigenvalue weighted by atomic mass is 35.5. The summed E-state index contributed by atoms with van der Waals surface area (Å²) in [7, 11) is 0. The van der Waals surface area contributed by atoms with Gasteiger partial charge in [0.2, 0.25) is 0 Å². The van der Waals surface area contributed by atoms with Gasteiger partial charge in [0.15, 0.2) is 0 Å². The zero-order valence-corrected chi connectivity index (χ0v) is 12.5. The molecule has 1 aromatic rings.